The van der Waals surface area contributed by atoms with Gasteiger partial charge in [-0.05, 0) is 10.8 Å². The van der Waals surface area contributed by atoms with Crippen molar-refractivity contribution >= 4 is 42.8 Å². The Bertz CT molecular complexity index is 1050. The first kappa shape index (κ1) is 16.3. The van der Waals surface area contributed by atoms with Crippen molar-refractivity contribution in [1.29, 1.82) is 0 Å². The summed E-state index contributed by atoms with van der Waals surface area (Å²) in [5.74, 6) is 0. The molecule has 0 bridgehead atoms. The number of aromatic nitrogens is 1. The Kier molecular flexibility index (Phi) is 4.44. The number of pyridine rings is 1. The highest BCUT2D eigenvalue weighted by Crippen LogP contribution is 2.28. The van der Waals surface area contributed by atoms with E-state index in [1.807, 2.05) is 6.20 Å². The van der Waals surface area contributed by atoms with Crippen LogP contribution in [0.3, 0.4) is 0 Å². The average molecular weight is 341 g/mol. The van der Waals surface area contributed by atoms with Crippen LogP contribution < -0.4 is 0 Å². The van der Waals surface area contributed by atoms with E-state index in [0.29, 0.717) is 0 Å². The molecule has 0 amide bonds. The zero-order valence-electron chi connectivity index (χ0n) is 12.9. The first-order valence-corrected chi connectivity index (χ1v) is 8.54. The zero-order valence-corrected chi connectivity index (χ0v) is 13.7. The summed E-state index contributed by atoms with van der Waals surface area (Å²) in [6, 6.07) is 21.1. The van der Waals surface area contributed by atoms with Gasteiger partial charge in [-0.15, -0.1) is 0 Å². The van der Waals surface area contributed by atoms with E-state index in [0.717, 1.165) is 12.6 Å². The Morgan fingerprint density at radius 3 is 2.08 bits per heavy atom. The first-order chi connectivity index (χ1) is 11.5. The van der Waals surface area contributed by atoms with Crippen LogP contribution in [0.4, 0.5) is 0 Å². The molecular weight excluding hydrogens is 326 g/mol. The third kappa shape index (κ3) is 3.35. The van der Waals surface area contributed by atoms with E-state index in [-0.39, 0.29) is 0 Å². The van der Waals surface area contributed by atoms with Gasteiger partial charge in [-0.25, -0.2) is 0 Å². The molecule has 1 N–H and O–H groups in total. The van der Waals surface area contributed by atoms with Gasteiger partial charge < -0.3 is 0 Å². The fraction of sp³-hybridized carbons (Fsp3) is 0.0556. The molecule has 0 aliphatic rings. The van der Waals surface area contributed by atoms with Gasteiger partial charge >= 0.3 is 10.4 Å². The predicted octanol–water partition coefficient (Wildman–Crippen LogP) is 3.98. The van der Waals surface area contributed by atoms with Gasteiger partial charge in [0.2, 0.25) is 0 Å². The molecule has 4 rings (SSSR count). The number of nitrogens with zero attached hydrogens (tertiary/aromatic N) is 1. The van der Waals surface area contributed by atoms with Crippen molar-refractivity contribution in [2.24, 2.45) is 0 Å². The summed E-state index contributed by atoms with van der Waals surface area (Å²) in [6.07, 6.45) is 1.96. The first-order valence-electron chi connectivity index (χ1n) is 7.18. The lowest BCUT2D eigenvalue weighted by molar-refractivity contribution is 0.324. The van der Waals surface area contributed by atoms with Crippen molar-refractivity contribution < 1.29 is 17.2 Å². The summed E-state index contributed by atoms with van der Waals surface area (Å²) >= 11 is 0. The topological polar surface area (TPSA) is 76.5 Å². The van der Waals surface area contributed by atoms with Gasteiger partial charge in [0.1, 0.15) is 0 Å². The molecule has 0 saturated heterocycles. The normalized spacial score (nSPS) is 11.4. The largest absolute Gasteiger partial charge is 0.397 e. The maximum atomic E-state index is 9.33. The summed E-state index contributed by atoms with van der Waals surface area (Å²) in [6.45, 7) is 0. The zero-order chi connectivity index (χ0) is 17.2. The van der Waals surface area contributed by atoms with Gasteiger partial charge in [0.15, 0.2) is 0 Å². The molecule has 0 atom stereocenters. The lowest BCUT2D eigenvalue weighted by Gasteiger charge is -2.06. The molecule has 5 nitrogen and oxygen atoms in total. The van der Waals surface area contributed by atoms with Gasteiger partial charge in [0.25, 0.3) is 0 Å². The number of rotatable bonds is 1. The van der Waals surface area contributed by atoms with Crippen molar-refractivity contribution in [3.63, 3.8) is 0 Å². The van der Waals surface area contributed by atoms with Gasteiger partial charge in [0, 0.05) is 22.4 Å². The minimum absolute atomic E-state index is 0.870. The van der Waals surface area contributed by atoms with E-state index in [1.54, 1.807) is 0 Å². The molecule has 0 aliphatic carbocycles. The lowest BCUT2D eigenvalue weighted by atomic mass is 10.0. The van der Waals surface area contributed by atoms with E-state index >= 15 is 0 Å². The molecule has 1 aromatic heterocycles. The van der Waals surface area contributed by atoms with Gasteiger partial charge in [-0.1, -0.05) is 60.7 Å². The van der Waals surface area contributed by atoms with Crippen molar-refractivity contribution in [2.75, 3.05) is 7.11 Å². The van der Waals surface area contributed by atoms with Crippen molar-refractivity contribution in [3.8, 4) is 0 Å². The summed E-state index contributed by atoms with van der Waals surface area (Å²) in [4.78, 5) is 4.64. The van der Waals surface area contributed by atoms with Gasteiger partial charge in [0.05, 0.1) is 12.6 Å². The highest BCUT2D eigenvalue weighted by Gasteiger charge is 2.04. The van der Waals surface area contributed by atoms with Crippen molar-refractivity contribution in [1.82, 2.24) is 4.98 Å². The minimum Gasteiger partial charge on any atom is -0.264 e. The maximum Gasteiger partial charge on any atom is 0.397 e. The fourth-order valence-corrected chi connectivity index (χ4v) is 2.60. The smallest absolute Gasteiger partial charge is 0.264 e. The Labute approximate surface area is 139 Å². The monoisotopic (exact) mass is 341 g/mol. The molecule has 24 heavy (non-hydrogen) atoms. The summed E-state index contributed by atoms with van der Waals surface area (Å²) in [5.41, 5.74) is 1.09. The van der Waals surface area contributed by atoms with Crippen LogP contribution >= 0.6 is 0 Å². The second-order valence-corrected chi connectivity index (χ2v) is 6.31. The molecule has 0 radical (unpaired) electrons. The van der Waals surface area contributed by atoms with Crippen molar-refractivity contribution in [3.05, 3.63) is 66.9 Å². The van der Waals surface area contributed by atoms with Crippen LogP contribution in [0.15, 0.2) is 66.9 Å². The van der Waals surface area contributed by atoms with Gasteiger partial charge in [-0.3, -0.25) is 13.7 Å². The molecule has 1 heterocycles. The molecule has 6 heteroatoms. The van der Waals surface area contributed by atoms with Crippen LogP contribution in [-0.4, -0.2) is 25.1 Å². The van der Waals surface area contributed by atoms with Crippen LogP contribution in [-0.2, 0) is 14.6 Å². The molecule has 3 aromatic carbocycles. The summed E-state index contributed by atoms with van der Waals surface area (Å²) < 4.78 is 29.7. The lowest BCUT2D eigenvalue weighted by Crippen LogP contribution is -1.96. The molecule has 0 spiro atoms. The highest BCUT2D eigenvalue weighted by atomic mass is 32.3. The van der Waals surface area contributed by atoms with E-state index in [4.69, 9.17) is 4.55 Å². The number of hydrogen-bond donors (Lipinski definition) is 1. The predicted molar refractivity (Wildman–Crippen MR) is 95.3 cm³/mol. The molecular formula is C18H15NO4S. The third-order valence-electron chi connectivity index (χ3n) is 3.69. The maximum absolute atomic E-state index is 9.33. The standard InChI is InChI=1S/C17H11N.CH4O4S/c1-4-8-15-12(5-1)9-10-16-14-7-3-2-6-13(14)11-18-17(15)16;1-5-6(2,3)4/h1-11H;1H3,(H,2,3,4). The van der Waals surface area contributed by atoms with E-state index in [2.05, 4.69) is 69.8 Å². The molecule has 122 valence electrons. The minimum atomic E-state index is -4.16. The second-order valence-electron chi connectivity index (χ2n) is 5.12. The Morgan fingerprint density at radius 1 is 0.833 bits per heavy atom. The van der Waals surface area contributed by atoms with E-state index in [1.165, 1.54) is 26.9 Å². The number of hydrogen-bond acceptors (Lipinski definition) is 4. The third-order valence-corrected chi connectivity index (χ3v) is 4.12. The van der Waals surface area contributed by atoms with Crippen LogP contribution in [0.2, 0.25) is 0 Å². The van der Waals surface area contributed by atoms with Crippen LogP contribution in [0.5, 0.6) is 0 Å². The van der Waals surface area contributed by atoms with Gasteiger partial charge in [-0.2, -0.15) is 8.42 Å². The fourth-order valence-electron chi connectivity index (χ4n) is 2.60. The van der Waals surface area contributed by atoms with Crippen LogP contribution in [0, 0.1) is 0 Å². The second kappa shape index (κ2) is 6.52. The Morgan fingerprint density at radius 2 is 1.42 bits per heavy atom. The summed E-state index contributed by atoms with van der Waals surface area (Å²) in [5, 5.41) is 6.16. The number of benzene rings is 3. The Hall–Kier alpha value is -2.54. The highest BCUT2D eigenvalue weighted by molar-refractivity contribution is 7.80. The van der Waals surface area contributed by atoms with E-state index in [9.17, 15) is 8.42 Å². The number of fused-ring (bicyclic) bond motifs is 5. The van der Waals surface area contributed by atoms with E-state index < -0.39 is 10.4 Å². The SMILES string of the molecule is COS(=O)(=O)O.c1ccc2c(c1)cnc1c3ccccc3ccc21. The van der Waals surface area contributed by atoms with Crippen LogP contribution in [0.1, 0.15) is 0 Å². The Balaban J connectivity index is 0.000000246. The molecule has 0 aliphatic heterocycles. The summed E-state index contributed by atoms with van der Waals surface area (Å²) in [7, 11) is -3.29. The average Bonchev–Trinajstić information content (AvgIpc) is 2.61. The molecule has 0 fully saturated rings. The molecule has 0 saturated carbocycles. The molecule has 4 aromatic rings. The molecule has 0 unspecified atom stereocenters. The van der Waals surface area contributed by atoms with Crippen molar-refractivity contribution in [2.45, 2.75) is 0 Å². The van der Waals surface area contributed by atoms with Crippen LogP contribution in [0.25, 0.3) is 32.4 Å². The quantitative estimate of drug-likeness (QED) is 0.419.